The fourth-order valence-electron chi connectivity index (χ4n) is 0.874. The highest BCUT2D eigenvalue weighted by Crippen LogP contribution is 2.00. The molecule has 0 unspecified atom stereocenters. The molecule has 0 radical (unpaired) electrons. The van der Waals surface area contributed by atoms with E-state index in [1.54, 1.807) is 0 Å². The van der Waals surface area contributed by atoms with Gasteiger partial charge < -0.3 is 4.90 Å². The van der Waals surface area contributed by atoms with E-state index < -0.39 is 0 Å². The molecule has 11 heavy (non-hydrogen) atoms. The van der Waals surface area contributed by atoms with Crippen LogP contribution in [-0.2, 0) is 4.79 Å². The zero-order chi connectivity index (χ0) is 8.85. The lowest BCUT2D eigenvalue weighted by atomic mass is 10.1. The van der Waals surface area contributed by atoms with Crippen LogP contribution in [-0.4, -0.2) is 31.3 Å². The van der Waals surface area contributed by atoms with Crippen LogP contribution >= 0.6 is 0 Å². The molecule has 0 saturated heterocycles. The van der Waals surface area contributed by atoms with Gasteiger partial charge in [0.25, 0.3) is 0 Å². The summed E-state index contributed by atoms with van der Waals surface area (Å²) in [6, 6.07) is 0. The minimum Gasteiger partial charge on any atom is -0.305 e. The normalized spacial score (nSPS) is 10.2. The van der Waals surface area contributed by atoms with Crippen LogP contribution in [0.3, 0.4) is 0 Å². The van der Waals surface area contributed by atoms with Crippen molar-refractivity contribution in [2.24, 2.45) is 0 Å². The van der Waals surface area contributed by atoms with E-state index in [4.69, 9.17) is 0 Å². The standard InChI is InChI=1S/C9H17NO/c1-5-6-9(11)8(2)7-10(3)4/h2,5-7H2,1,3-4H3. The molecule has 2 nitrogen and oxygen atoms in total. The molecule has 64 valence electrons. The Bertz CT molecular complexity index is 150. The second kappa shape index (κ2) is 5.08. The molecule has 0 aliphatic carbocycles. The van der Waals surface area contributed by atoms with Gasteiger partial charge in [-0.05, 0) is 20.5 Å². The van der Waals surface area contributed by atoms with E-state index in [1.165, 1.54) is 0 Å². The molecule has 0 aliphatic rings. The summed E-state index contributed by atoms with van der Waals surface area (Å²) in [7, 11) is 3.87. The molecule has 0 aromatic carbocycles. The van der Waals surface area contributed by atoms with Crippen molar-refractivity contribution in [2.45, 2.75) is 19.8 Å². The summed E-state index contributed by atoms with van der Waals surface area (Å²) in [4.78, 5) is 13.1. The summed E-state index contributed by atoms with van der Waals surface area (Å²) in [6.07, 6.45) is 1.54. The maximum Gasteiger partial charge on any atom is 0.159 e. The molecular formula is C9H17NO. The Morgan fingerprint density at radius 3 is 2.36 bits per heavy atom. The Labute approximate surface area is 68.9 Å². The average molecular weight is 155 g/mol. The third-order valence-corrected chi connectivity index (χ3v) is 1.38. The number of nitrogens with zero attached hydrogens (tertiary/aromatic N) is 1. The number of hydrogen-bond donors (Lipinski definition) is 0. The molecule has 0 saturated carbocycles. The van der Waals surface area contributed by atoms with E-state index >= 15 is 0 Å². The fourth-order valence-corrected chi connectivity index (χ4v) is 0.874. The molecule has 0 atom stereocenters. The van der Waals surface area contributed by atoms with Crippen LogP contribution in [0, 0.1) is 0 Å². The number of carbonyl (C=O) groups excluding carboxylic acids is 1. The molecular weight excluding hydrogens is 138 g/mol. The van der Waals surface area contributed by atoms with Crippen molar-refractivity contribution in [1.82, 2.24) is 4.90 Å². The van der Waals surface area contributed by atoms with E-state index in [0.717, 1.165) is 12.0 Å². The van der Waals surface area contributed by atoms with Gasteiger partial charge in [0, 0.05) is 18.5 Å². The van der Waals surface area contributed by atoms with Gasteiger partial charge in [0.05, 0.1) is 0 Å². The van der Waals surface area contributed by atoms with Crippen molar-refractivity contribution >= 4 is 5.78 Å². The van der Waals surface area contributed by atoms with Crippen LogP contribution in [0.4, 0.5) is 0 Å². The molecule has 0 aromatic rings. The lowest BCUT2D eigenvalue weighted by Gasteiger charge is -2.10. The monoisotopic (exact) mass is 155 g/mol. The van der Waals surface area contributed by atoms with Crippen molar-refractivity contribution < 1.29 is 4.79 Å². The summed E-state index contributed by atoms with van der Waals surface area (Å²) in [5.41, 5.74) is 0.719. The zero-order valence-corrected chi connectivity index (χ0v) is 7.68. The highest BCUT2D eigenvalue weighted by Gasteiger charge is 2.05. The maximum absolute atomic E-state index is 11.2. The molecule has 0 aliphatic heterocycles. The molecule has 0 fully saturated rings. The quantitative estimate of drug-likeness (QED) is 0.560. The minimum atomic E-state index is 0.196. The average Bonchev–Trinajstić information content (AvgIpc) is 1.86. The highest BCUT2D eigenvalue weighted by molar-refractivity contribution is 5.94. The SMILES string of the molecule is C=C(CN(C)C)C(=O)CCC. The Hall–Kier alpha value is -0.630. The summed E-state index contributed by atoms with van der Waals surface area (Å²) in [5, 5.41) is 0. The van der Waals surface area contributed by atoms with Gasteiger partial charge in [-0.3, -0.25) is 4.79 Å². The van der Waals surface area contributed by atoms with E-state index in [1.807, 2.05) is 25.9 Å². The van der Waals surface area contributed by atoms with Gasteiger partial charge >= 0.3 is 0 Å². The van der Waals surface area contributed by atoms with Crippen LogP contribution in [0.2, 0.25) is 0 Å². The van der Waals surface area contributed by atoms with Gasteiger partial charge in [-0.2, -0.15) is 0 Å². The van der Waals surface area contributed by atoms with Gasteiger partial charge in [-0.1, -0.05) is 13.5 Å². The molecule has 0 N–H and O–H groups in total. The molecule has 0 amide bonds. The van der Waals surface area contributed by atoms with Crippen molar-refractivity contribution in [3.63, 3.8) is 0 Å². The van der Waals surface area contributed by atoms with Crippen LogP contribution < -0.4 is 0 Å². The lowest BCUT2D eigenvalue weighted by molar-refractivity contribution is -0.115. The predicted molar refractivity (Wildman–Crippen MR) is 47.6 cm³/mol. The molecule has 2 heteroatoms. The fraction of sp³-hybridized carbons (Fsp3) is 0.667. The van der Waals surface area contributed by atoms with Gasteiger partial charge in [0.1, 0.15) is 0 Å². The Morgan fingerprint density at radius 1 is 1.45 bits per heavy atom. The van der Waals surface area contributed by atoms with Gasteiger partial charge in [-0.25, -0.2) is 0 Å². The van der Waals surface area contributed by atoms with Gasteiger partial charge in [0.2, 0.25) is 0 Å². The number of ketones is 1. The lowest BCUT2D eigenvalue weighted by Crippen LogP contribution is -2.18. The van der Waals surface area contributed by atoms with Crippen LogP contribution in [0.5, 0.6) is 0 Å². The summed E-state index contributed by atoms with van der Waals surface area (Å²) in [6.45, 7) is 6.40. The Balaban J connectivity index is 3.74. The largest absolute Gasteiger partial charge is 0.305 e. The van der Waals surface area contributed by atoms with Crippen molar-refractivity contribution in [3.05, 3.63) is 12.2 Å². The molecule has 0 aromatic heterocycles. The smallest absolute Gasteiger partial charge is 0.159 e. The second-order valence-corrected chi connectivity index (χ2v) is 3.01. The third-order valence-electron chi connectivity index (χ3n) is 1.38. The number of Topliss-reactive ketones (excluding diaryl/α,β-unsaturated/α-hetero) is 1. The van der Waals surface area contributed by atoms with E-state index in [9.17, 15) is 4.79 Å². The number of rotatable bonds is 5. The molecule has 0 spiro atoms. The first-order chi connectivity index (χ1) is 5.07. The first-order valence-corrected chi connectivity index (χ1v) is 3.93. The minimum absolute atomic E-state index is 0.196. The Kier molecular flexibility index (Phi) is 4.79. The predicted octanol–water partition coefficient (Wildman–Crippen LogP) is 1.47. The number of hydrogen-bond acceptors (Lipinski definition) is 2. The zero-order valence-electron chi connectivity index (χ0n) is 7.68. The molecule has 0 bridgehead atoms. The van der Waals surface area contributed by atoms with E-state index in [-0.39, 0.29) is 5.78 Å². The summed E-state index contributed by atoms with van der Waals surface area (Å²) in [5.74, 6) is 0.196. The van der Waals surface area contributed by atoms with Crippen molar-refractivity contribution in [2.75, 3.05) is 20.6 Å². The van der Waals surface area contributed by atoms with Crippen molar-refractivity contribution in [3.8, 4) is 0 Å². The van der Waals surface area contributed by atoms with Gasteiger partial charge in [-0.15, -0.1) is 0 Å². The maximum atomic E-state index is 11.2. The summed E-state index contributed by atoms with van der Waals surface area (Å²) >= 11 is 0. The Morgan fingerprint density at radius 2 is 2.00 bits per heavy atom. The van der Waals surface area contributed by atoms with Crippen LogP contribution in [0.25, 0.3) is 0 Å². The first kappa shape index (κ1) is 10.4. The molecule has 0 rings (SSSR count). The highest BCUT2D eigenvalue weighted by atomic mass is 16.1. The number of carbonyl (C=O) groups is 1. The summed E-state index contributed by atoms with van der Waals surface area (Å²) < 4.78 is 0. The molecule has 0 heterocycles. The first-order valence-electron chi connectivity index (χ1n) is 3.93. The second-order valence-electron chi connectivity index (χ2n) is 3.01. The third kappa shape index (κ3) is 4.73. The van der Waals surface area contributed by atoms with Gasteiger partial charge in [0.15, 0.2) is 5.78 Å². The van der Waals surface area contributed by atoms with Crippen LogP contribution in [0.15, 0.2) is 12.2 Å². The van der Waals surface area contributed by atoms with E-state index in [0.29, 0.717) is 13.0 Å². The number of likely N-dealkylation sites (N-methyl/N-ethyl adjacent to an activating group) is 1. The van der Waals surface area contributed by atoms with Crippen LogP contribution in [0.1, 0.15) is 19.8 Å². The van der Waals surface area contributed by atoms with E-state index in [2.05, 4.69) is 6.58 Å². The topological polar surface area (TPSA) is 20.3 Å². The van der Waals surface area contributed by atoms with Crippen molar-refractivity contribution in [1.29, 1.82) is 0 Å².